The summed E-state index contributed by atoms with van der Waals surface area (Å²) >= 11 is 0. The van der Waals surface area contributed by atoms with Crippen LogP contribution >= 0.6 is 0 Å². The van der Waals surface area contributed by atoms with Gasteiger partial charge in [0.25, 0.3) is 0 Å². The van der Waals surface area contributed by atoms with E-state index < -0.39 is 35.7 Å². The summed E-state index contributed by atoms with van der Waals surface area (Å²) in [5.74, 6) is -1.54. The molecule has 0 aromatic heterocycles. The average molecular weight is 373 g/mol. The molecule has 5 heteroatoms. The first-order valence-electron chi connectivity index (χ1n) is 10.0. The number of ketones is 2. The molecule has 0 unspecified atom stereocenters. The van der Waals surface area contributed by atoms with Gasteiger partial charge in [-0.05, 0) is 37.5 Å². The maximum Gasteiger partial charge on any atom is 0.241 e. The van der Waals surface area contributed by atoms with E-state index in [0.29, 0.717) is 11.8 Å². The Bertz CT molecular complexity index is 696. The highest BCUT2D eigenvalue weighted by molar-refractivity contribution is 6.25. The van der Waals surface area contributed by atoms with Crippen LogP contribution in [-0.2, 0) is 14.4 Å². The van der Waals surface area contributed by atoms with E-state index in [2.05, 4.69) is 19.1 Å². The van der Waals surface area contributed by atoms with Crippen molar-refractivity contribution in [2.45, 2.75) is 46.1 Å². The Balaban J connectivity index is 2.02. The Morgan fingerprint density at radius 3 is 2.63 bits per heavy atom. The van der Waals surface area contributed by atoms with E-state index in [1.54, 1.807) is 0 Å². The minimum Gasteiger partial charge on any atom is -0.394 e. The number of carbonyl (C=O) groups is 3. The third-order valence-electron chi connectivity index (χ3n) is 7.23. The summed E-state index contributed by atoms with van der Waals surface area (Å²) in [4.78, 5) is 40.5. The van der Waals surface area contributed by atoms with E-state index in [0.717, 1.165) is 19.3 Å². The first-order chi connectivity index (χ1) is 12.8. The third kappa shape index (κ3) is 3.00. The van der Waals surface area contributed by atoms with Gasteiger partial charge in [-0.15, -0.1) is 0 Å². The minimum absolute atomic E-state index is 0.122. The van der Waals surface area contributed by atoms with Crippen molar-refractivity contribution in [3.8, 4) is 0 Å². The van der Waals surface area contributed by atoms with E-state index >= 15 is 0 Å². The van der Waals surface area contributed by atoms with Crippen LogP contribution in [0.25, 0.3) is 0 Å². The van der Waals surface area contributed by atoms with Gasteiger partial charge < -0.3 is 10.0 Å². The summed E-state index contributed by atoms with van der Waals surface area (Å²) in [7, 11) is 1.49. The predicted molar refractivity (Wildman–Crippen MR) is 103 cm³/mol. The van der Waals surface area contributed by atoms with Gasteiger partial charge in [0.05, 0.1) is 6.61 Å². The van der Waals surface area contributed by atoms with Gasteiger partial charge in [-0.25, -0.2) is 0 Å². The fraction of sp³-hybridized carbons (Fsp3) is 0.682. The number of aliphatic hydroxyl groups is 1. The minimum atomic E-state index is -1.28. The van der Waals surface area contributed by atoms with Gasteiger partial charge in [0.15, 0.2) is 17.5 Å². The van der Waals surface area contributed by atoms with Crippen molar-refractivity contribution < 1.29 is 19.5 Å². The van der Waals surface area contributed by atoms with E-state index in [4.69, 9.17) is 0 Å². The fourth-order valence-corrected chi connectivity index (χ4v) is 5.54. The molecule has 2 aliphatic carbocycles. The quantitative estimate of drug-likeness (QED) is 0.606. The zero-order valence-corrected chi connectivity index (χ0v) is 16.7. The van der Waals surface area contributed by atoms with E-state index in [1.807, 2.05) is 26.0 Å². The molecular weight excluding hydrogens is 342 g/mol. The van der Waals surface area contributed by atoms with Gasteiger partial charge in [0, 0.05) is 18.4 Å². The average Bonchev–Trinajstić information content (AvgIpc) is 2.85. The number of carbonyl (C=O) groups excluding carboxylic acids is 3. The normalized spacial score (nSPS) is 42.0. The molecule has 148 valence electrons. The summed E-state index contributed by atoms with van der Waals surface area (Å²) in [6.07, 6.45) is 11.3. The van der Waals surface area contributed by atoms with Crippen LogP contribution in [0.3, 0.4) is 0 Å². The molecule has 0 radical (unpaired) electrons. The van der Waals surface area contributed by atoms with Gasteiger partial charge in [0.1, 0.15) is 6.04 Å². The fourth-order valence-electron chi connectivity index (χ4n) is 5.54. The third-order valence-corrected chi connectivity index (χ3v) is 7.23. The number of fused-ring (bicyclic) bond motifs is 1. The monoisotopic (exact) mass is 373 g/mol. The largest absolute Gasteiger partial charge is 0.394 e. The predicted octanol–water partition coefficient (Wildman–Crippen LogP) is 2.39. The van der Waals surface area contributed by atoms with E-state index in [-0.39, 0.29) is 17.6 Å². The SMILES string of the molecule is C/C=C/[C@H]1C=C[C@H]2C[C@@H](C)CC[C@@H]2[C@@]1(C)C(=O)[C@H]1C(=O)[C@H](CO)N(C)C1=O. The molecule has 3 rings (SSSR count). The van der Waals surface area contributed by atoms with Crippen LogP contribution in [0.5, 0.6) is 0 Å². The number of hydrogen-bond acceptors (Lipinski definition) is 4. The number of likely N-dealkylation sites (tertiary alicyclic amines) is 1. The molecule has 1 amide bonds. The van der Waals surface area contributed by atoms with E-state index in [1.165, 1.54) is 11.9 Å². The van der Waals surface area contributed by atoms with Gasteiger partial charge in [-0.2, -0.15) is 0 Å². The number of likely N-dealkylation sites (N-methyl/N-ethyl adjacent to an activating group) is 1. The zero-order chi connectivity index (χ0) is 19.9. The van der Waals surface area contributed by atoms with Crippen molar-refractivity contribution in [3.63, 3.8) is 0 Å². The summed E-state index contributed by atoms with van der Waals surface area (Å²) in [5.41, 5.74) is -0.784. The zero-order valence-electron chi connectivity index (χ0n) is 16.7. The second kappa shape index (κ2) is 7.34. The first kappa shape index (κ1) is 20.0. The number of allylic oxidation sites excluding steroid dienone is 4. The number of nitrogens with zero attached hydrogens (tertiary/aromatic N) is 1. The first-order valence-corrected chi connectivity index (χ1v) is 10.0. The lowest BCUT2D eigenvalue weighted by molar-refractivity contribution is -0.148. The molecule has 1 saturated heterocycles. The molecule has 0 spiro atoms. The molecule has 5 nitrogen and oxygen atoms in total. The highest BCUT2D eigenvalue weighted by Crippen LogP contribution is 2.54. The molecule has 1 aliphatic heterocycles. The van der Waals surface area contributed by atoms with Crippen molar-refractivity contribution >= 4 is 17.5 Å². The molecule has 0 aromatic rings. The Morgan fingerprint density at radius 2 is 2.04 bits per heavy atom. The van der Waals surface area contributed by atoms with Crippen molar-refractivity contribution in [2.24, 2.45) is 35.0 Å². The number of Topliss-reactive ketones (excluding diaryl/α,β-unsaturated/α-hetero) is 2. The second-order valence-electron chi connectivity index (χ2n) is 8.75. The molecule has 7 atom stereocenters. The van der Waals surface area contributed by atoms with Crippen LogP contribution in [0.1, 0.15) is 40.0 Å². The van der Waals surface area contributed by atoms with Crippen molar-refractivity contribution in [2.75, 3.05) is 13.7 Å². The standard InChI is InChI=1S/C22H31NO4/c1-5-6-15-9-8-14-11-13(2)7-10-16(14)22(15,3)20(26)18-19(25)17(12-24)23(4)21(18)27/h5-6,8-9,13-18,24H,7,10-12H2,1-4H3/b6-5+/t13-,14-,15-,16-,17-,18+,22-/m0/s1. The van der Waals surface area contributed by atoms with E-state index in [9.17, 15) is 19.5 Å². The van der Waals surface area contributed by atoms with Gasteiger partial charge >= 0.3 is 0 Å². The van der Waals surface area contributed by atoms with Crippen LogP contribution in [0.2, 0.25) is 0 Å². The second-order valence-corrected chi connectivity index (χ2v) is 8.75. The summed E-state index contributed by atoms with van der Waals surface area (Å²) in [5, 5.41) is 9.50. The lowest BCUT2D eigenvalue weighted by Crippen LogP contribution is -2.52. The molecule has 0 bridgehead atoms. The van der Waals surface area contributed by atoms with Crippen molar-refractivity contribution in [1.29, 1.82) is 0 Å². The van der Waals surface area contributed by atoms with Gasteiger partial charge in [-0.3, -0.25) is 14.4 Å². The Kier molecular flexibility index (Phi) is 5.44. The maximum absolute atomic E-state index is 13.8. The number of hydrogen-bond donors (Lipinski definition) is 1. The number of aliphatic hydroxyl groups excluding tert-OH is 1. The Hall–Kier alpha value is -1.75. The van der Waals surface area contributed by atoms with Crippen molar-refractivity contribution in [1.82, 2.24) is 4.90 Å². The molecular formula is C22H31NO4. The highest BCUT2D eigenvalue weighted by Gasteiger charge is 2.58. The molecule has 0 aromatic carbocycles. The Morgan fingerprint density at radius 1 is 1.33 bits per heavy atom. The smallest absolute Gasteiger partial charge is 0.241 e. The van der Waals surface area contributed by atoms with Crippen LogP contribution in [0.15, 0.2) is 24.3 Å². The number of amides is 1. The highest BCUT2D eigenvalue weighted by atomic mass is 16.3. The summed E-state index contributed by atoms with van der Waals surface area (Å²) in [6, 6.07) is -0.906. The topological polar surface area (TPSA) is 74.7 Å². The Labute approximate surface area is 161 Å². The molecule has 1 heterocycles. The van der Waals surface area contributed by atoms with Crippen LogP contribution in [0, 0.1) is 35.0 Å². The number of rotatable bonds is 4. The summed E-state index contributed by atoms with van der Waals surface area (Å²) < 4.78 is 0. The molecule has 1 N–H and O–H groups in total. The maximum atomic E-state index is 13.8. The summed E-state index contributed by atoms with van der Waals surface area (Å²) in [6.45, 7) is 5.68. The van der Waals surface area contributed by atoms with Crippen LogP contribution in [0.4, 0.5) is 0 Å². The van der Waals surface area contributed by atoms with Crippen molar-refractivity contribution in [3.05, 3.63) is 24.3 Å². The van der Waals surface area contributed by atoms with Crippen LogP contribution < -0.4 is 0 Å². The van der Waals surface area contributed by atoms with Gasteiger partial charge in [0.2, 0.25) is 5.91 Å². The van der Waals surface area contributed by atoms with Gasteiger partial charge in [-0.1, -0.05) is 44.6 Å². The molecule has 27 heavy (non-hydrogen) atoms. The van der Waals surface area contributed by atoms with Crippen LogP contribution in [-0.4, -0.2) is 47.2 Å². The molecule has 2 fully saturated rings. The lowest BCUT2D eigenvalue weighted by atomic mass is 9.52. The lowest BCUT2D eigenvalue weighted by Gasteiger charge is -2.50. The molecule has 1 saturated carbocycles. The molecule has 3 aliphatic rings.